The monoisotopic (exact) mass is 302 g/mol. The zero-order valence-electron chi connectivity index (χ0n) is 12.4. The van der Waals surface area contributed by atoms with E-state index in [1.165, 1.54) is 4.90 Å². The Balaban J connectivity index is 2.93. The Hall–Kier alpha value is -1.38. The van der Waals surface area contributed by atoms with E-state index in [4.69, 9.17) is 15.0 Å². The number of amides is 1. The van der Waals surface area contributed by atoms with Gasteiger partial charge in [0.2, 0.25) is 5.91 Å². The number of carbonyl (C=O) groups excluding carboxylic acids is 1. The minimum atomic E-state index is -1.45. The molecule has 9 nitrogen and oxygen atoms in total. The van der Waals surface area contributed by atoms with Gasteiger partial charge in [0.05, 0.1) is 6.61 Å². The van der Waals surface area contributed by atoms with Gasteiger partial charge in [-0.15, -0.1) is 0 Å². The quantitative estimate of drug-likeness (QED) is 0.406. The number of hydrogen-bond acceptors (Lipinski definition) is 6. The SMILES string of the molecule is CCN(CC)C(=O)[C@@H](N=[N+]=[N-])[C@@H](O)[C@@H]1O[C@H](C)OC[C@H]1O. The van der Waals surface area contributed by atoms with E-state index in [1.54, 1.807) is 20.8 Å². The van der Waals surface area contributed by atoms with E-state index < -0.39 is 36.6 Å². The highest BCUT2D eigenvalue weighted by Crippen LogP contribution is 2.20. The van der Waals surface area contributed by atoms with Crippen LogP contribution in [0.5, 0.6) is 0 Å². The van der Waals surface area contributed by atoms with Crippen LogP contribution in [0.25, 0.3) is 10.4 Å². The van der Waals surface area contributed by atoms with Crippen LogP contribution in [0.4, 0.5) is 0 Å². The van der Waals surface area contributed by atoms with Crippen LogP contribution in [-0.4, -0.2) is 71.4 Å². The number of rotatable bonds is 6. The second-order valence-corrected chi connectivity index (χ2v) is 4.72. The summed E-state index contributed by atoms with van der Waals surface area (Å²) in [6.07, 6.45) is -4.22. The molecule has 1 aliphatic rings. The van der Waals surface area contributed by atoms with Gasteiger partial charge in [-0.25, -0.2) is 0 Å². The highest BCUT2D eigenvalue weighted by Gasteiger charge is 2.41. The Morgan fingerprint density at radius 2 is 2.14 bits per heavy atom. The van der Waals surface area contributed by atoms with Gasteiger partial charge in [-0.2, -0.15) is 0 Å². The Bertz CT molecular complexity index is 397. The maximum Gasteiger partial charge on any atom is 0.234 e. The molecule has 0 spiro atoms. The van der Waals surface area contributed by atoms with E-state index in [9.17, 15) is 15.0 Å². The smallest absolute Gasteiger partial charge is 0.234 e. The van der Waals surface area contributed by atoms with E-state index in [0.717, 1.165) is 0 Å². The molecule has 0 aromatic rings. The van der Waals surface area contributed by atoms with Crippen molar-refractivity contribution in [3.05, 3.63) is 10.4 Å². The van der Waals surface area contributed by atoms with Crippen molar-refractivity contribution in [2.24, 2.45) is 5.11 Å². The molecular formula is C12H22N4O5. The molecule has 0 aromatic carbocycles. The van der Waals surface area contributed by atoms with Crippen LogP contribution in [0.3, 0.4) is 0 Å². The zero-order chi connectivity index (χ0) is 16.0. The minimum absolute atomic E-state index is 0.0225. The zero-order valence-corrected chi connectivity index (χ0v) is 12.4. The van der Waals surface area contributed by atoms with E-state index in [2.05, 4.69) is 10.0 Å². The number of ether oxygens (including phenoxy) is 2. The number of carbonyl (C=O) groups is 1. The maximum atomic E-state index is 12.3. The van der Waals surface area contributed by atoms with Crippen LogP contribution < -0.4 is 0 Å². The molecule has 2 N–H and O–H groups in total. The lowest BCUT2D eigenvalue weighted by atomic mass is 9.99. The number of likely N-dealkylation sites (N-methyl/N-ethyl adjacent to an activating group) is 1. The molecule has 1 saturated heterocycles. The molecular weight excluding hydrogens is 280 g/mol. The second-order valence-electron chi connectivity index (χ2n) is 4.72. The third-order valence-corrected chi connectivity index (χ3v) is 3.39. The summed E-state index contributed by atoms with van der Waals surface area (Å²) in [6, 6.07) is -1.35. The minimum Gasteiger partial charge on any atom is -0.389 e. The topological polar surface area (TPSA) is 128 Å². The fraction of sp³-hybridized carbons (Fsp3) is 0.917. The number of azide groups is 1. The highest BCUT2D eigenvalue weighted by molar-refractivity contribution is 5.82. The average molecular weight is 302 g/mol. The van der Waals surface area contributed by atoms with E-state index in [1.807, 2.05) is 0 Å². The maximum absolute atomic E-state index is 12.3. The molecule has 1 amide bonds. The molecule has 21 heavy (non-hydrogen) atoms. The van der Waals surface area contributed by atoms with Crippen molar-refractivity contribution >= 4 is 5.91 Å². The molecule has 0 saturated carbocycles. The molecule has 9 heteroatoms. The molecule has 0 unspecified atom stereocenters. The van der Waals surface area contributed by atoms with Crippen molar-refractivity contribution in [2.45, 2.75) is 51.4 Å². The van der Waals surface area contributed by atoms with Gasteiger partial charge in [-0.3, -0.25) is 4.79 Å². The molecule has 0 radical (unpaired) electrons. The van der Waals surface area contributed by atoms with Crippen LogP contribution in [0.2, 0.25) is 0 Å². The van der Waals surface area contributed by atoms with Gasteiger partial charge in [0.15, 0.2) is 6.29 Å². The predicted molar refractivity (Wildman–Crippen MR) is 73.2 cm³/mol. The number of aliphatic hydroxyl groups excluding tert-OH is 2. The van der Waals surface area contributed by atoms with Gasteiger partial charge in [0.1, 0.15) is 24.4 Å². The van der Waals surface area contributed by atoms with Crippen molar-refractivity contribution in [3.63, 3.8) is 0 Å². The number of aliphatic hydroxyl groups is 2. The van der Waals surface area contributed by atoms with Gasteiger partial charge < -0.3 is 24.6 Å². The Morgan fingerprint density at radius 1 is 1.52 bits per heavy atom. The highest BCUT2D eigenvalue weighted by atomic mass is 16.7. The first kappa shape index (κ1) is 17.7. The lowest BCUT2D eigenvalue weighted by Gasteiger charge is -2.37. The van der Waals surface area contributed by atoms with Crippen molar-refractivity contribution in [2.75, 3.05) is 19.7 Å². The van der Waals surface area contributed by atoms with E-state index in [0.29, 0.717) is 13.1 Å². The molecule has 120 valence electrons. The summed E-state index contributed by atoms with van der Waals surface area (Å²) in [5.41, 5.74) is 8.63. The van der Waals surface area contributed by atoms with Crippen LogP contribution >= 0.6 is 0 Å². The van der Waals surface area contributed by atoms with Crippen molar-refractivity contribution < 1.29 is 24.5 Å². The number of nitrogens with zero attached hydrogens (tertiary/aromatic N) is 4. The summed E-state index contributed by atoms with van der Waals surface area (Å²) >= 11 is 0. The fourth-order valence-corrected chi connectivity index (χ4v) is 2.21. The molecule has 1 aliphatic heterocycles. The third-order valence-electron chi connectivity index (χ3n) is 3.39. The van der Waals surface area contributed by atoms with Crippen LogP contribution in [0.15, 0.2) is 5.11 Å². The largest absolute Gasteiger partial charge is 0.389 e. The number of hydrogen-bond donors (Lipinski definition) is 2. The lowest BCUT2D eigenvalue weighted by Crippen LogP contribution is -2.56. The lowest BCUT2D eigenvalue weighted by molar-refractivity contribution is -0.265. The average Bonchev–Trinajstić information content (AvgIpc) is 2.47. The van der Waals surface area contributed by atoms with Crippen LogP contribution in [0, 0.1) is 0 Å². The standard InChI is InChI=1S/C12H22N4O5/c1-4-16(5-2)12(19)9(14-15-13)10(18)11-8(17)6-20-7(3)21-11/h7-11,17-18H,4-6H2,1-3H3/t7-,8-,9+,10-,11-/m1/s1. The molecule has 1 fully saturated rings. The van der Waals surface area contributed by atoms with Crippen molar-refractivity contribution in [1.82, 2.24) is 4.90 Å². The van der Waals surface area contributed by atoms with E-state index in [-0.39, 0.29) is 6.61 Å². The van der Waals surface area contributed by atoms with Crippen molar-refractivity contribution in [1.29, 1.82) is 0 Å². The first-order chi connectivity index (χ1) is 9.96. The summed E-state index contributed by atoms with van der Waals surface area (Å²) in [5.74, 6) is -0.500. The fourth-order valence-electron chi connectivity index (χ4n) is 2.21. The summed E-state index contributed by atoms with van der Waals surface area (Å²) in [5, 5.41) is 23.5. The van der Waals surface area contributed by atoms with Gasteiger partial charge in [-0.1, -0.05) is 5.11 Å². The van der Waals surface area contributed by atoms with Gasteiger partial charge >= 0.3 is 0 Å². The summed E-state index contributed by atoms with van der Waals surface area (Å²) < 4.78 is 10.4. The molecule has 1 heterocycles. The van der Waals surface area contributed by atoms with Crippen LogP contribution in [-0.2, 0) is 14.3 Å². The Morgan fingerprint density at radius 3 is 2.67 bits per heavy atom. The Kier molecular flexibility index (Phi) is 6.86. The third kappa shape index (κ3) is 4.29. The van der Waals surface area contributed by atoms with Crippen molar-refractivity contribution in [3.8, 4) is 0 Å². The predicted octanol–water partition coefficient (Wildman–Crippen LogP) is 0.0169. The molecule has 5 atom stereocenters. The Labute approximate surface area is 123 Å². The normalized spacial score (nSPS) is 28.3. The van der Waals surface area contributed by atoms with Gasteiger partial charge in [0.25, 0.3) is 0 Å². The van der Waals surface area contributed by atoms with E-state index >= 15 is 0 Å². The molecule has 0 bridgehead atoms. The second kappa shape index (κ2) is 8.16. The van der Waals surface area contributed by atoms with Gasteiger partial charge in [-0.05, 0) is 26.3 Å². The van der Waals surface area contributed by atoms with Crippen LogP contribution in [0.1, 0.15) is 20.8 Å². The summed E-state index contributed by atoms with van der Waals surface area (Å²) in [4.78, 5) is 16.4. The summed E-state index contributed by atoms with van der Waals surface area (Å²) in [7, 11) is 0. The first-order valence-corrected chi connectivity index (χ1v) is 6.92. The molecule has 0 aliphatic carbocycles. The first-order valence-electron chi connectivity index (χ1n) is 6.92. The summed E-state index contributed by atoms with van der Waals surface area (Å²) in [6.45, 7) is 6.00. The molecule has 1 rings (SSSR count). The van der Waals surface area contributed by atoms with Gasteiger partial charge in [0, 0.05) is 18.0 Å². The molecule has 0 aromatic heterocycles.